The van der Waals surface area contributed by atoms with Crippen molar-refractivity contribution in [3.63, 3.8) is 0 Å². The molecule has 0 unspecified atom stereocenters. The highest BCUT2D eigenvalue weighted by Gasteiger charge is 2.32. The number of nitrogens with zero attached hydrogens (tertiary/aromatic N) is 8. The Morgan fingerprint density at radius 3 is 1.19 bits per heavy atom. The molecule has 300 valence electrons. The zero-order valence-corrected chi connectivity index (χ0v) is 34.5. The van der Waals surface area contributed by atoms with Gasteiger partial charge in [-0.05, 0) is 5.10 Å². The Balaban J connectivity index is 1.33. The summed E-state index contributed by atoms with van der Waals surface area (Å²) in [5.74, 6) is 0. The Kier molecular flexibility index (Phi) is 9.71. The quantitative estimate of drug-likeness (QED) is 0.0583. The van der Waals surface area contributed by atoms with Crippen LogP contribution in [0.4, 0.5) is 22.7 Å². The first-order chi connectivity index (χ1) is 30.4. The van der Waals surface area contributed by atoms with Gasteiger partial charge in [0, 0.05) is 55.5 Å². The lowest BCUT2D eigenvalue weighted by molar-refractivity contribution is -0.654. The molecule has 0 saturated carbocycles. The van der Waals surface area contributed by atoms with E-state index in [-0.39, 0.29) is 22.7 Å². The lowest BCUT2D eigenvalue weighted by Gasteiger charge is -2.27. The van der Waals surface area contributed by atoms with Gasteiger partial charge in [0.05, 0.1) is 41.2 Å². The van der Waals surface area contributed by atoms with E-state index in [1.807, 2.05) is 182 Å². The molecule has 0 spiro atoms. The molecular formula is C48H34N8O4P2. The van der Waals surface area contributed by atoms with E-state index in [4.69, 9.17) is 19.7 Å². The molecule has 12 nitrogen and oxygen atoms in total. The van der Waals surface area contributed by atoms with E-state index in [1.54, 1.807) is 0 Å². The molecule has 0 aliphatic carbocycles. The highest BCUT2D eigenvalue weighted by molar-refractivity contribution is 7.88. The van der Waals surface area contributed by atoms with E-state index < -0.39 is 24.0 Å². The maximum Gasteiger partial charge on any atom is 0.276 e. The zero-order chi connectivity index (χ0) is 42.3. The van der Waals surface area contributed by atoms with E-state index in [1.165, 1.54) is 33.5 Å². The van der Waals surface area contributed by atoms with Crippen molar-refractivity contribution in [1.29, 1.82) is 0 Å². The molecule has 2 aromatic heterocycles. The number of rotatable bonds is 10. The van der Waals surface area contributed by atoms with Gasteiger partial charge in [-0.1, -0.05) is 182 Å². The summed E-state index contributed by atoms with van der Waals surface area (Å²) in [5.41, 5.74) is 1.40. The molecule has 0 saturated heterocycles. The summed E-state index contributed by atoms with van der Waals surface area (Å²) in [5, 5.41) is 41.3. The summed E-state index contributed by atoms with van der Waals surface area (Å²) in [6.07, 6.45) is 0. The molecule has 0 N–H and O–H groups in total. The standard InChI is InChI=1S/C48H34N8O4P2/c57-55(58)35-31-43(51-61(37-19-7-1-8-20-37,38-21-9-2-10-22-38)39-23-11-3-12-24-39)47-45(33-35)53-50-48-44(32-36(56(59)60)34-46(48)54(53)49-47)52-62(40-25-13-4-14-26-40,41-27-15-5-16-28-41)42-29-17-6-18-30-42/h1-34H. The van der Waals surface area contributed by atoms with Gasteiger partial charge in [-0.2, -0.15) is 4.63 Å². The van der Waals surface area contributed by atoms with Crippen molar-refractivity contribution in [3.05, 3.63) is 226 Å². The fraction of sp³-hybridized carbons (Fsp3) is 0. The van der Waals surface area contributed by atoms with Crippen LogP contribution in [0.15, 0.2) is 216 Å². The van der Waals surface area contributed by atoms with E-state index in [2.05, 4.69) is 0 Å². The van der Waals surface area contributed by atoms with Gasteiger partial charge in [0.1, 0.15) is 5.69 Å². The van der Waals surface area contributed by atoms with Crippen molar-refractivity contribution in [1.82, 2.24) is 14.8 Å². The van der Waals surface area contributed by atoms with Gasteiger partial charge < -0.3 is 0 Å². The normalized spacial score (nSPS) is 11.8. The number of hydrogen-bond donors (Lipinski definition) is 0. The Morgan fingerprint density at radius 1 is 0.484 bits per heavy atom. The zero-order valence-electron chi connectivity index (χ0n) is 32.7. The van der Waals surface area contributed by atoms with Crippen LogP contribution in [0, 0.1) is 20.2 Å². The fourth-order valence-corrected chi connectivity index (χ4v) is 15.1. The second-order valence-corrected chi connectivity index (χ2v) is 20.5. The highest BCUT2D eigenvalue weighted by atomic mass is 31.2. The molecule has 14 heteroatoms. The summed E-state index contributed by atoms with van der Waals surface area (Å²) < 4.78 is 14.1. The summed E-state index contributed by atoms with van der Waals surface area (Å²) in [4.78, 5) is 24.6. The van der Waals surface area contributed by atoms with Gasteiger partial charge >= 0.3 is 0 Å². The maximum absolute atomic E-state index is 12.8. The second kappa shape index (κ2) is 15.7. The third-order valence-corrected chi connectivity index (χ3v) is 18.1. The molecule has 0 bridgehead atoms. The first-order valence-electron chi connectivity index (χ1n) is 19.6. The SMILES string of the molecule is O=[N+]([O-])c1cc(N=P(c2ccccc2)(c2ccccc2)c2ccccc2)c2[n-][n+]3c4cc([N+](=O)[O-])cc(N=P(c5ccccc5)(c5ccccc5)c5ccccc5)c4nn3c2c1. The van der Waals surface area contributed by atoms with Crippen molar-refractivity contribution < 1.29 is 14.5 Å². The molecule has 10 rings (SSSR count). The van der Waals surface area contributed by atoms with Gasteiger partial charge in [-0.15, -0.1) is 4.63 Å². The van der Waals surface area contributed by atoms with Crippen LogP contribution >= 0.6 is 14.1 Å². The minimum Gasteiger partial charge on any atom is -0.268 e. The molecule has 2 heterocycles. The van der Waals surface area contributed by atoms with Crippen LogP contribution in [0.5, 0.6) is 0 Å². The fourth-order valence-electron chi connectivity index (χ4n) is 8.07. The molecule has 62 heavy (non-hydrogen) atoms. The minimum atomic E-state index is -2.92. The molecule has 0 amide bonds. The topological polar surface area (TPSA) is 146 Å². The lowest BCUT2D eigenvalue weighted by Crippen LogP contribution is -2.30. The van der Waals surface area contributed by atoms with Gasteiger partial charge in [0.25, 0.3) is 16.9 Å². The Morgan fingerprint density at radius 2 is 0.823 bits per heavy atom. The van der Waals surface area contributed by atoms with Gasteiger partial charge in [0.2, 0.25) is 0 Å². The first kappa shape index (κ1) is 38.4. The largest absolute Gasteiger partial charge is 0.276 e. The van der Waals surface area contributed by atoms with E-state index in [0.717, 1.165) is 31.8 Å². The Bertz CT molecular complexity index is 2980. The van der Waals surface area contributed by atoms with Crippen LogP contribution in [-0.2, 0) is 0 Å². The number of hydrogen-bond acceptors (Lipinski definition) is 7. The summed E-state index contributed by atoms with van der Waals surface area (Å²) >= 11 is 0. The monoisotopic (exact) mass is 848 g/mol. The average Bonchev–Trinajstić information content (AvgIpc) is 3.88. The molecule has 0 aliphatic rings. The van der Waals surface area contributed by atoms with Crippen LogP contribution in [0.25, 0.3) is 22.1 Å². The molecule has 10 aromatic rings. The summed E-state index contributed by atoms with van der Waals surface area (Å²) in [7, 11) is -5.84. The predicted octanol–water partition coefficient (Wildman–Crippen LogP) is 8.62. The van der Waals surface area contributed by atoms with Crippen LogP contribution < -0.4 is 41.6 Å². The first-order valence-corrected chi connectivity index (χ1v) is 23.1. The molecule has 0 radical (unpaired) electrons. The summed E-state index contributed by atoms with van der Waals surface area (Å²) in [6.45, 7) is 0. The Hall–Kier alpha value is -7.78. The van der Waals surface area contributed by atoms with Crippen LogP contribution in [0.3, 0.4) is 0 Å². The third kappa shape index (κ3) is 6.41. The number of fused-ring (bicyclic) bond motifs is 5. The third-order valence-electron chi connectivity index (χ3n) is 10.8. The van der Waals surface area contributed by atoms with E-state index >= 15 is 0 Å². The molecule has 0 atom stereocenters. The van der Waals surface area contributed by atoms with Crippen LogP contribution in [0.1, 0.15) is 0 Å². The van der Waals surface area contributed by atoms with Crippen molar-refractivity contribution in [2.75, 3.05) is 0 Å². The summed E-state index contributed by atoms with van der Waals surface area (Å²) in [6, 6.07) is 65.4. The van der Waals surface area contributed by atoms with Crippen molar-refractivity contribution >= 4 is 90.8 Å². The number of aromatic nitrogens is 4. The second-order valence-electron chi connectivity index (χ2n) is 14.4. The van der Waals surface area contributed by atoms with Crippen molar-refractivity contribution in [3.8, 4) is 0 Å². The predicted molar refractivity (Wildman–Crippen MR) is 247 cm³/mol. The maximum atomic E-state index is 12.8. The lowest BCUT2D eigenvalue weighted by atomic mass is 10.2. The average molecular weight is 849 g/mol. The molecule has 0 fully saturated rings. The van der Waals surface area contributed by atoms with Gasteiger partial charge in [0.15, 0.2) is 5.52 Å². The van der Waals surface area contributed by atoms with Crippen molar-refractivity contribution in [2.24, 2.45) is 9.49 Å². The Labute approximate surface area is 354 Å². The number of benzene rings is 8. The van der Waals surface area contributed by atoms with Crippen LogP contribution in [0.2, 0.25) is 0 Å². The van der Waals surface area contributed by atoms with E-state index in [9.17, 15) is 20.2 Å². The van der Waals surface area contributed by atoms with Crippen molar-refractivity contribution in [2.45, 2.75) is 0 Å². The highest BCUT2D eigenvalue weighted by Crippen LogP contribution is 2.52. The molecular weight excluding hydrogens is 815 g/mol. The molecule has 8 aromatic carbocycles. The van der Waals surface area contributed by atoms with Gasteiger partial charge in [-0.25, -0.2) is 4.74 Å². The number of nitro groups is 2. The number of non-ortho nitro benzene ring substituents is 2. The smallest absolute Gasteiger partial charge is 0.268 e. The van der Waals surface area contributed by atoms with Gasteiger partial charge in [-0.3, -0.25) is 30.1 Å². The van der Waals surface area contributed by atoms with E-state index in [0.29, 0.717) is 22.1 Å². The minimum absolute atomic E-state index is 0.212. The number of nitro benzene ring substituents is 2. The molecule has 0 aliphatic heterocycles. The van der Waals surface area contributed by atoms with Crippen LogP contribution in [-0.4, -0.2) is 19.6 Å².